The molecular formula is C9H4Cl2NOS. The van der Waals surface area contributed by atoms with Gasteiger partial charge < -0.3 is 4.74 Å². The van der Waals surface area contributed by atoms with Crippen molar-refractivity contribution in [2.24, 2.45) is 0 Å². The van der Waals surface area contributed by atoms with Crippen LogP contribution in [0.4, 0.5) is 0 Å². The Morgan fingerprint density at radius 2 is 2.21 bits per heavy atom. The van der Waals surface area contributed by atoms with Gasteiger partial charge in [0.25, 0.3) is 5.19 Å². The summed E-state index contributed by atoms with van der Waals surface area (Å²) in [5.41, 5.74) is 0. The van der Waals surface area contributed by atoms with Gasteiger partial charge in [0.1, 0.15) is 5.75 Å². The molecule has 0 aliphatic carbocycles. The van der Waals surface area contributed by atoms with E-state index in [0.29, 0.717) is 21.0 Å². The number of benzene rings is 1. The number of thiazole rings is 1. The van der Waals surface area contributed by atoms with Crippen molar-refractivity contribution < 1.29 is 4.74 Å². The fourth-order valence-electron chi connectivity index (χ4n) is 0.879. The van der Waals surface area contributed by atoms with Crippen LogP contribution in [-0.2, 0) is 0 Å². The van der Waals surface area contributed by atoms with E-state index in [2.05, 4.69) is 10.4 Å². The molecule has 2 rings (SSSR count). The van der Waals surface area contributed by atoms with Crippen molar-refractivity contribution in [2.75, 3.05) is 0 Å². The molecular weight excluding hydrogens is 241 g/mol. The quantitative estimate of drug-likeness (QED) is 0.796. The van der Waals surface area contributed by atoms with E-state index in [1.165, 1.54) is 11.3 Å². The summed E-state index contributed by atoms with van der Waals surface area (Å²) >= 11 is 13.0. The molecule has 0 saturated carbocycles. The Kier molecular flexibility index (Phi) is 2.91. The molecule has 1 radical (unpaired) electrons. The Morgan fingerprint density at radius 1 is 1.36 bits per heavy atom. The second-order valence-corrected chi connectivity index (χ2v) is 4.05. The highest BCUT2D eigenvalue weighted by molar-refractivity contribution is 7.10. The minimum atomic E-state index is 0.495. The van der Waals surface area contributed by atoms with Gasteiger partial charge >= 0.3 is 0 Å². The molecule has 0 unspecified atom stereocenters. The number of rotatable bonds is 2. The zero-order valence-electron chi connectivity index (χ0n) is 6.83. The second-order valence-electron chi connectivity index (χ2n) is 2.42. The van der Waals surface area contributed by atoms with E-state index >= 15 is 0 Å². The Labute approximate surface area is 95.1 Å². The van der Waals surface area contributed by atoms with Gasteiger partial charge in [-0.05, 0) is 12.1 Å². The minimum Gasteiger partial charge on any atom is -0.429 e. The normalized spacial score (nSPS) is 10.1. The van der Waals surface area contributed by atoms with Gasteiger partial charge in [0.15, 0.2) is 0 Å². The van der Waals surface area contributed by atoms with Gasteiger partial charge in [-0.3, -0.25) is 0 Å². The van der Waals surface area contributed by atoms with Crippen molar-refractivity contribution >= 4 is 34.5 Å². The summed E-state index contributed by atoms with van der Waals surface area (Å²) in [4.78, 5) is 3.92. The molecule has 0 aliphatic heterocycles. The van der Waals surface area contributed by atoms with Crippen LogP contribution in [0.5, 0.6) is 10.9 Å². The molecule has 1 heterocycles. The van der Waals surface area contributed by atoms with Crippen LogP contribution in [0.1, 0.15) is 0 Å². The Morgan fingerprint density at radius 3 is 2.93 bits per heavy atom. The number of hydrogen-bond acceptors (Lipinski definition) is 3. The Hall–Kier alpha value is -0.770. The van der Waals surface area contributed by atoms with Gasteiger partial charge in [-0.1, -0.05) is 34.5 Å². The second kappa shape index (κ2) is 4.17. The Bertz CT molecular complexity index is 430. The maximum atomic E-state index is 5.90. The molecule has 0 fully saturated rings. The highest BCUT2D eigenvalue weighted by Gasteiger charge is 2.05. The highest BCUT2D eigenvalue weighted by Crippen LogP contribution is 2.32. The summed E-state index contributed by atoms with van der Waals surface area (Å²) in [5.74, 6) is 0.502. The number of hydrogen-bond donors (Lipinski definition) is 0. The van der Waals surface area contributed by atoms with Gasteiger partial charge in [-0.2, -0.15) is 0 Å². The topological polar surface area (TPSA) is 22.1 Å². The third-order valence-corrected chi connectivity index (χ3v) is 2.59. The predicted molar refractivity (Wildman–Crippen MR) is 57.5 cm³/mol. The summed E-state index contributed by atoms with van der Waals surface area (Å²) < 4.78 is 5.39. The maximum absolute atomic E-state index is 5.90. The molecule has 0 atom stereocenters. The van der Waals surface area contributed by atoms with Gasteiger partial charge in [0.05, 0.1) is 16.6 Å². The lowest BCUT2D eigenvalue weighted by atomic mass is 10.3. The number of halogens is 2. The van der Waals surface area contributed by atoms with Gasteiger partial charge in [0, 0.05) is 11.1 Å². The molecule has 0 amide bonds. The molecule has 2 nitrogen and oxygen atoms in total. The zero-order chi connectivity index (χ0) is 9.97. The first-order valence-electron chi connectivity index (χ1n) is 3.70. The van der Waals surface area contributed by atoms with E-state index in [0.717, 1.165) is 0 Å². The van der Waals surface area contributed by atoms with Crippen molar-refractivity contribution in [3.05, 3.63) is 39.8 Å². The van der Waals surface area contributed by atoms with Crippen LogP contribution in [-0.4, -0.2) is 4.98 Å². The van der Waals surface area contributed by atoms with Gasteiger partial charge in [-0.25, -0.2) is 4.98 Å². The standard InChI is InChI=1S/C9H4Cl2NOS/c10-6-1-2-7(11)8(5-6)13-9-12-3-4-14-9/h1-3,5H. The smallest absolute Gasteiger partial charge is 0.279 e. The number of aromatic nitrogens is 1. The molecule has 71 valence electrons. The molecule has 14 heavy (non-hydrogen) atoms. The molecule has 0 bridgehead atoms. The molecule has 0 N–H and O–H groups in total. The summed E-state index contributed by atoms with van der Waals surface area (Å²) in [6.45, 7) is 0. The zero-order valence-corrected chi connectivity index (χ0v) is 9.16. The molecule has 0 aliphatic rings. The van der Waals surface area contributed by atoms with Crippen molar-refractivity contribution in [2.45, 2.75) is 0 Å². The van der Waals surface area contributed by atoms with E-state index in [4.69, 9.17) is 27.9 Å². The van der Waals surface area contributed by atoms with E-state index in [1.54, 1.807) is 24.4 Å². The van der Waals surface area contributed by atoms with Crippen LogP contribution in [0.25, 0.3) is 0 Å². The van der Waals surface area contributed by atoms with Crippen molar-refractivity contribution in [3.63, 3.8) is 0 Å². The van der Waals surface area contributed by atoms with Crippen LogP contribution in [0, 0.1) is 5.38 Å². The van der Waals surface area contributed by atoms with Crippen LogP contribution in [0.3, 0.4) is 0 Å². The summed E-state index contributed by atoms with van der Waals surface area (Å²) in [6, 6.07) is 5.02. The average Bonchev–Trinajstić information content (AvgIpc) is 2.64. The summed E-state index contributed by atoms with van der Waals surface area (Å²) in [5, 5.41) is 4.39. The SMILES string of the molecule is Clc1ccc(Cl)c(Oc2nc[c]s2)c1. The molecule has 0 saturated heterocycles. The fraction of sp³-hybridized carbons (Fsp3) is 0. The largest absolute Gasteiger partial charge is 0.429 e. The number of ether oxygens (including phenoxy) is 1. The first-order chi connectivity index (χ1) is 6.75. The van der Waals surface area contributed by atoms with Crippen molar-refractivity contribution in [3.8, 4) is 10.9 Å². The van der Waals surface area contributed by atoms with E-state index in [-0.39, 0.29) is 0 Å². The molecule has 0 spiro atoms. The van der Waals surface area contributed by atoms with Crippen molar-refractivity contribution in [1.82, 2.24) is 4.98 Å². The highest BCUT2D eigenvalue weighted by atomic mass is 35.5. The molecule has 5 heteroatoms. The van der Waals surface area contributed by atoms with Gasteiger partial charge in [-0.15, -0.1) is 0 Å². The average molecular weight is 245 g/mol. The fourth-order valence-corrected chi connectivity index (χ4v) is 1.64. The van der Waals surface area contributed by atoms with Crippen LogP contribution in [0.15, 0.2) is 24.4 Å². The van der Waals surface area contributed by atoms with Crippen molar-refractivity contribution in [1.29, 1.82) is 0 Å². The van der Waals surface area contributed by atoms with E-state index < -0.39 is 0 Å². The molecule has 2 aromatic rings. The monoisotopic (exact) mass is 244 g/mol. The lowest BCUT2D eigenvalue weighted by Crippen LogP contribution is -1.83. The summed E-state index contributed by atoms with van der Waals surface area (Å²) in [6.07, 6.45) is 1.54. The van der Waals surface area contributed by atoms with Crippen LogP contribution >= 0.6 is 34.5 Å². The lowest BCUT2D eigenvalue weighted by Gasteiger charge is -2.03. The van der Waals surface area contributed by atoms with E-state index in [1.807, 2.05) is 0 Å². The first kappa shape index (κ1) is 9.77. The van der Waals surface area contributed by atoms with E-state index in [9.17, 15) is 0 Å². The first-order valence-corrected chi connectivity index (χ1v) is 5.28. The lowest BCUT2D eigenvalue weighted by molar-refractivity contribution is 0.479. The van der Waals surface area contributed by atoms with Crippen LogP contribution in [0.2, 0.25) is 10.0 Å². The Balaban J connectivity index is 2.28. The molecule has 1 aromatic carbocycles. The minimum absolute atomic E-state index is 0.495. The predicted octanol–water partition coefficient (Wildman–Crippen LogP) is 4.04. The van der Waals surface area contributed by atoms with Gasteiger partial charge in [0.2, 0.25) is 0 Å². The maximum Gasteiger partial charge on any atom is 0.279 e. The molecule has 1 aromatic heterocycles. The third kappa shape index (κ3) is 2.18. The number of nitrogens with zero attached hydrogens (tertiary/aromatic N) is 1. The van der Waals surface area contributed by atoms with Crippen LogP contribution < -0.4 is 4.74 Å². The summed E-state index contributed by atoms with van der Waals surface area (Å²) in [7, 11) is 0. The third-order valence-electron chi connectivity index (χ3n) is 1.46.